The fourth-order valence-electron chi connectivity index (χ4n) is 2.69. The van der Waals surface area contributed by atoms with Crippen molar-refractivity contribution < 1.29 is 18.0 Å². The first-order chi connectivity index (χ1) is 9.77. The molecule has 1 aromatic rings. The van der Waals surface area contributed by atoms with Crippen LogP contribution in [0.1, 0.15) is 36.8 Å². The van der Waals surface area contributed by atoms with Crippen LogP contribution in [0.4, 0.5) is 18.9 Å². The van der Waals surface area contributed by atoms with Gasteiger partial charge in [0, 0.05) is 18.2 Å². The highest BCUT2D eigenvalue weighted by molar-refractivity contribution is 5.91. The molecule has 0 aliphatic heterocycles. The van der Waals surface area contributed by atoms with Gasteiger partial charge in [-0.15, -0.1) is 0 Å². The van der Waals surface area contributed by atoms with E-state index in [9.17, 15) is 18.0 Å². The number of alkyl halides is 3. The first kappa shape index (κ1) is 15.8. The highest BCUT2D eigenvalue weighted by atomic mass is 19.4. The monoisotopic (exact) mass is 300 g/mol. The Hall–Kier alpha value is -1.56. The molecule has 1 aliphatic carbocycles. The van der Waals surface area contributed by atoms with Gasteiger partial charge in [0.05, 0.1) is 5.56 Å². The minimum absolute atomic E-state index is 0.0124. The van der Waals surface area contributed by atoms with Crippen molar-refractivity contribution in [1.82, 2.24) is 0 Å². The Morgan fingerprint density at radius 1 is 1.38 bits per heavy atom. The van der Waals surface area contributed by atoms with Gasteiger partial charge in [-0.25, -0.2) is 0 Å². The minimum atomic E-state index is -4.42. The number of hydrogen-bond donors (Lipinski definition) is 2. The molecule has 6 heteroatoms. The summed E-state index contributed by atoms with van der Waals surface area (Å²) < 4.78 is 38.1. The first-order valence-electron chi connectivity index (χ1n) is 7.00. The second-order valence-electron chi connectivity index (χ2n) is 5.63. The molecule has 1 fully saturated rings. The third-order valence-corrected chi connectivity index (χ3v) is 4.00. The van der Waals surface area contributed by atoms with E-state index >= 15 is 0 Å². The van der Waals surface area contributed by atoms with E-state index in [1.807, 2.05) is 0 Å². The van der Waals surface area contributed by atoms with Crippen LogP contribution in [0.5, 0.6) is 0 Å². The molecule has 0 saturated heterocycles. The second kappa shape index (κ2) is 6.05. The van der Waals surface area contributed by atoms with E-state index in [1.54, 1.807) is 6.92 Å². The number of nitrogens with two attached hydrogens (primary N) is 1. The molecule has 3 nitrogen and oxygen atoms in total. The molecule has 21 heavy (non-hydrogen) atoms. The number of nitrogens with one attached hydrogen (secondary N) is 1. The van der Waals surface area contributed by atoms with E-state index in [1.165, 1.54) is 6.07 Å². The number of aryl methyl sites for hydroxylation is 1. The third kappa shape index (κ3) is 3.97. The Morgan fingerprint density at radius 3 is 2.67 bits per heavy atom. The summed E-state index contributed by atoms with van der Waals surface area (Å²) in [7, 11) is 0. The van der Waals surface area contributed by atoms with Crippen molar-refractivity contribution in [2.24, 2.45) is 11.7 Å². The zero-order valence-corrected chi connectivity index (χ0v) is 11.8. The van der Waals surface area contributed by atoms with E-state index in [0.717, 1.165) is 31.4 Å². The highest BCUT2D eigenvalue weighted by Gasteiger charge is 2.31. The number of halogens is 3. The summed E-state index contributed by atoms with van der Waals surface area (Å²) >= 11 is 0. The van der Waals surface area contributed by atoms with Gasteiger partial charge in [0.1, 0.15) is 0 Å². The second-order valence-corrected chi connectivity index (χ2v) is 5.63. The van der Waals surface area contributed by atoms with Crippen LogP contribution in [-0.4, -0.2) is 11.9 Å². The van der Waals surface area contributed by atoms with Crippen LogP contribution in [0.2, 0.25) is 0 Å². The number of carbonyl (C=O) groups excluding carboxylic acids is 1. The minimum Gasteiger partial charge on any atom is -0.327 e. The summed E-state index contributed by atoms with van der Waals surface area (Å²) in [5, 5.41) is 2.58. The van der Waals surface area contributed by atoms with Crippen molar-refractivity contribution in [2.45, 2.75) is 44.8 Å². The number of benzene rings is 1. The van der Waals surface area contributed by atoms with Crippen LogP contribution >= 0.6 is 0 Å². The molecule has 0 radical (unpaired) electrons. The van der Waals surface area contributed by atoms with Crippen LogP contribution in [0, 0.1) is 12.8 Å². The van der Waals surface area contributed by atoms with Crippen LogP contribution in [0.3, 0.4) is 0 Å². The summed E-state index contributed by atoms with van der Waals surface area (Å²) in [4.78, 5) is 12.0. The lowest BCUT2D eigenvalue weighted by molar-refractivity contribution is -0.137. The standard InChI is InChI=1S/C15H19F3N2O/c1-9-5-6-11(15(16,17)18)8-13(9)20-14(21)7-10-3-2-4-12(10)19/h5-6,8,10,12H,2-4,7,19H2,1H3,(H,20,21)/t10-,12+/m0/s1. The molecule has 1 saturated carbocycles. The Bertz CT molecular complexity index is 528. The molecule has 0 unspecified atom stereocenters. The molecule has 1 amide bonds. The summed E-state index contributed by atoms with van der Waals surface area (Å²) in [6, 6.07) is 3.36. The van der Waals surface area contributed by atoms with Gasteiger partial charge >= 0.3 is 6.18 Å². The molecule has 116 valence electrons. The molecule has 0 spiro atoms. The number of hydrogen-bond acceptors (Lipinski definition) is 2. The first-order valence-corrected chi connectivity index (χ1v) is 7.00. The molecule has 1 aliphatic rings. The van der Waals surface area contributed by atoms with Gasteiger partial charge in [0.25, 0.3) is 0 Å². The molecule has 0 bridgehead atoms. The van der Waals surface area contributed by atoms with Gasteiger partial charge in [-0.3, -0.25) is 4.79 Å². The van der Waals surface area contributed by atoms with Crippen molar-refractivity contribution in [3.05, 3.63) is 29.3 Å². The van der Waals surface area contributed by atoms with Crippen molar-refractivity contribution in [3.63, 3.8) is 0 Å². The Balaban J connectivity index is 2.06. The van der Waals surface area contributed by atoms with E-state index < -0.39 is 11.7 Å². The Morgan fingerprint density at radius 2 is 2.10 bits per heavy atom. The number of amides is 1. The predicted octanol–water partition coefficient (Wildman–Crippen LogP) is 3.47. The molecule has 2 atom stereocenters. The van der Waals surface area contributed by atoms with Crippen molar-refractivity contribution in [1.29, 1.82) is 0 Å². The topological polar surface area (TPSA) is 55.1 Å². The fourth-order valence-corrected chi connectivity index (χ4v) is 2.69. The molecular weight excluding hydrogens is 281 g/mol. The van der Waals surface area contributed by atoms with Gasteiger partial charge in [-0.2, -0.15) is 13.2 Å². The maximum atomic E-state index is 12.7. The lowest BCUT2D eigenvalue weighted by Gasteiger charge is -2.16. The van der Waals surface area contributed by atoms with Crippen molar-refractivity contribution in [3.8, 4) is 0 Å². The zero-order valence-electron chi connectivity index (χ0n) is 11.8. The van der Waals surface area contributed by atoms with Crippen LogP contribution in [0.25, 0.3) is 0 Å². The molecule has 0 heterocycles. The summed E-state index contributed by atoms with van der Waals surface area (Å²) in [5.74, 6) is -0.157. The molecule has 3 N–H and O–H groups in total. The van der Waals surface area contributed by atoms with Gasteiger partial charge in [-0.1, -0.05) is 12.5 Å². The van der Waals surface area contributed by atoms with Gasteiger partial charge in [-0.05, 0) is 43.4 Å². The van der Waals surface area contributed by atoms with Crippen molar-refractivity contribution >= 4 is 11.6 Å². The average molecular weight is 300 g/mol. The summed E-state index contributed by atoms with van der Waals surface area (Å²) in [6.45, 7) is 1.66. The summed E-state index contributed by atoms with van der Waals surface area (Å²) in [5.41, 5.74) is 5.95. The van der Waals surface area contributed by atoms with Gasteiger partial charge < -0.3 is 11.1 Å². The van der Waals surface area contributed by atoms with E-state index in [4.69, 9.17) is 5.73 Å². The summed E-state index contributed by atoms with van der Waals surface area (Å²) in [6.07, 6.45) is -1.35. The fraction of sp³-hybridized carbons (Fsp3) is 0.533. The molecular formula is C15H19F3N2O. The quantitative estimate of drug-likeness (QED) is 0.898. The van der Waals surface area contributed by atoms with E-state index in [0.29, 0.717) is 5.56 Å². The lowest BCUT2D eigenvalue weighted by atomic mass is 9.99. The zero-order chi connectivity index (χ0) is 15.6. The predicted molar refractivity (Wildman–Crippen MR) is 74.7 cm³/mol. The van der Waals surface area contributed by atoms with Crippen LogP contribution in [0.15, 0.2) is 18.2 Å². The Labute approximate surface area is 121 Å². The maximum absolute atomic E-state index is 12.7. The smallest absolute Gasteiger partial charge is 0.327 e. The van der Waals surface area contributed by atoms with Gasteiger partial charge in [0.2, 0.25) is 5.91 Å². The number of carbonyl (C=O) groups is 1. The van der Waals surface area contributed by atoms with E-state index in [2.05, 4.69) is 5.32 Å². The number of anilines is 1. The average Bonchev–Trinajstić information content (AvgIpc) is 2.76. The van der Waals surface area contributed by atoms with Crippen LogP contribution < -0.4 is 11.1 Å². The molecule has 2 rings (SSSR count). The molecule has 0 aromatic heterocycles. The number of rotatable bonds is 3. The largest absolute Gasteiger partial charge is 0.416 e. The highest BCUT2D eigenvalue weighted by Crippen LogP contribution is 2.32. The molecule has 1 aromatic carbocycles. The third-order valence-electron chi connectivity index (χ3n) is 4.00. The van der Waals surface area contributed by atoms with Gasteiger partial charge in [0.15, 0.2) is 0 Å². The normalized spacial score (nSPS) is 22.3. The lowest BCUT2D eigenvalue weighted by Crippen LogP contribution is -2.28. The van der Waals surface area contributed by atoms with E-state index in [-0.39, 0.29) is 30.0 Å². The SMILES string of the molecule is Cc1ccc(C(F)(F)F)cc1NC(=O)C[C@@H]1CCC[C@H]1N. The Kier molecular flexibility index (Phi) is 4.56. The van der Waals surface area contributed by atoms with Crippen LogP contribution in [-0.2, 0) is 11.0 Å². The van der Waals surface area contributed by atoms with Crippen molar-refractivity contribution in [2.75, 3.05) is 5.32 Å². The maximum Gasteiger partial charge on any atom is 0.416 e.